The highest BCUT2D eigenvalue weighted by Crippen LogP contribution is 2.38. The molecular weight excluding hydrogens is 330 g/mol. The Morgan fingerprint density at radius 2 is 1.56 bits per heavy atom. The standard InChI is InChI=1S/C19H44BN2O2P/c1-14(13-16(3,4)15(2)22)24-19(8,20)17(5,6)10-12-23-18(7,25)9-11-21/h14-15H,9-13,20-22,25H2,1-8H3. The summed E-state index contributed by atoms with van der Waals surface area (Å²) in [6, 6.07) is 0.144. The van der Waals surface area contributed by atoms with Crippen molar-refractivity contribution in [1.29, 1.82) is 0 Å². The Bertz CT molecular complexity index is 399. The van der Waals surface area contributed by atoms with E-state index in [-0.39, 0.29) is 33.8 Å². The third-order valence-electron chi connectivity index (χ3n) is 5.97. The maximum Gasteiger partial charge on any atom is 0.143 e. The molecule has 5 atom stereocenters. The van der Waals surface area contributed by atoms with Crippen LogP contribution in [0.4, 0.5) is 0 Å². The Morgan fingerprint density at radius 1 is 1.04 bits per heavy atom. The maximum atomic E-state index is 6.48. The van der Waals surface area contributed by atoms with Crippen LogP contribution >= 0.6 is 9.24 Å². The van der Waals surface area contributed by atoms with E-state index in [0.717, 1.165) is 19.3 Å². The first kappa shape index (κ1) is 25.3. The number of hydrogen-bond donors (Lipinski definition) is 2. The van der Waals surface area contributed by atoms with E-state index in [4.69, 9.17) is 20.9 Å². The van der Waals surface area contributed by atoms with E-state index >= 15 is 0 Å². The average molecular weight is 374 g/mol. The molecule has 0 bridgehead atoms. The summed E-state index contributed by atoms with van der Waals surface area (Å²) in [7, 11) is 4.95. The van der Waals surface area contributed by atoms with Gasteiger partial charge in [-0.05, 0) is 64.3 Å². The van der Waals surface area contributed by atoms with Crippen molar-refractivity contribution in [3.05, 3.63) is 0 Å². The molecule has 0 radical (unpaired) electrons. The molecule has 150 valence electrons. The van der Waals surface area contributed by atoms with Crippen molar-refractivity contribution in [3.8, 4) is 0 Å². The molecule has 4 N–H and O–H groups in total. The fourth-order valence-electron chi connectivity index (χ4n) is 2.83. The first-order valence-electron chi connectivity index (χ1n) is 9.63. The molecular formula is C19H44BN2O2P. The second-order valence-corrected chi connectivity index (χ2v) is 11.0. The summed E-state index contributed by atoms with van der Waals surface area (Å²) in [6.45, 7) is 18.7. The van der Waals surface area contributed by atoms with Crippen LogP contribution in [0, 0.1) is 10.8 Å². The molecule has 0 aromatic carbocycles. The third-order valence-corrected chi connectivity index (χ3v) is 6.43. The monoisotopic (exact) mass is 374 g/mol. The number of hydrogen-bond acceptors (Lipinski definition) is 4. The number of ether oxygens (including phenoxy) is 2. The van der Waals surface area contributed by atoms with Gasteiger partial charge in [-0.1, -0.05) is 27.7 Å². The van der Waals surface area contributed by atoms with Crippen LogP contribution in [0.5, 0.6) is 0 Å². The van der Waals surface area contributed by atoms with Gasteiger partial charge >= 0.3 is 0 Å². The molecule has 0 aromatic heterocycles. The minimum Gasteiger partial charge on any atom is -0.381 e. The fourth-order valence-corrected chi connectivity index (χ4v) is 3.11. The lowest BCUT2D eigenvalue weighted by molar-refractivity contribution is -0.110. The van der Waals surface area contributed by atoms with Gasteiger partial charge in [0.2, 0.25) is 0 Å². The van der Waals surface area contributed by atoms with Gasteiger partial charge in [-0.2, -0.15) is 0 Å². The van der Waals surface area contributed by atoms with Crippen LogP contribution in [0.3, 0.4) is 0 Å². The lowest BCUT2D eigenvalue weighted by Crippen LogP contribution is -2.49. The zero-order valence-corrected chi connectivity index (χ0v) is 19.4. The van der Waals surface area contributed by atoms with E-state index in [2.05, 4.69) is 72.5 Å². The highest BCUT2D eigenvalue weighted by molar-refractivity contribution is 7.18. The van der Waals surface area contributed by atoms with Crippen molar-refractivity contribution in [2.45, 2.75) is 97.6 Å². The van der Waals surface area contributed by atoms with Crippen molar-refractivity contribution in [2.75, 3.05) is 13.2 Å². The van der Waals surface area contributed by atoms with Crippen LogP contribution < -0.4 is 11.5 Å². The highest BCUT2D eigenvalue weighted by atomic mass is 31.0. The first-order chi connectivity index (χ1) is 11.1. The molecule has 0 fully saturated rings. The summed E-state index contributed by atoms with van der Waals surface area (Å²) in [5.74, 6) is 0. The second kappa shape index (κ2) is 9.51. The van der Waals surface area contributed by atoms with Crippen LogP contribution in [0.1, 0.15) is 74.7 Å². The number of nitrogens with two attached hydrogens (primary N) is 2. The average Bonchev–Trinajstić information content (AvgIpc) is 2.35. The van der Waals surface area contributed by atoms with Crippen molar-refractivity contribution in [3.63, 3.8) is 0 Å². The zero-order valence-electron chi connectivity index (χ0n) is 18.2. The molecule has 0 aliphatic carbocycles. The molecule has 4 nitrogen and oxygen atoms in total. The van der Waals surface area contributed by atoms with Crippen molar-refractivity contribution in [2.24, 2.45) is 22.3 Å². The number of rotatable bonds is 12. The van der Waals surface area contributed by atoms with Gasteiger partial charge in [0.25, 0.3) is 0 Å². The maximum absolute atomic E-state index is 6.48. The molecule has 0 rings (SSSR count). The van der Waals surface area contributed by atoms with Crippen molar-refractivity contribution >= 4 is 17.1 Å². The van der Waals surface area contributed by atoms with E-state index in [1.807, 2.05) is 0 Å². The largest absolute Gasteiger partial charge is 0.381 e. The van der Waals surface area contributed by atoms with Crippen molar-refractivity contribution < 1.29 is 9.47 Å². The lowest BCUT2D eigenvalue weighted by Gasteiger charge is -2.45. The predicted octanol–water partition coefficient (Wildman–Crippen LogP) is 2.88. The molecule has 0 saturated carbocycles. The first-order valence-corrected chi connectivity index (χ1v) is 10.2. The van der Waals surface area contributed by atoms with Gasteiger partial charge in [0.1, 0.15) is 7.85 Å². The zero-order chi connectivity index (χ0) is 20.1. The summed E-state index contributed by atoms with van der Waals surface area (Å²) in [5.41, 5.74) is 11.6. The van der Waals surface area contributed by atoms with Crippen LogP contribution in [-0.2, 0) is 9.47 Å². The van der Waals surface area contributed by atoms with Gasteiger partial charge < -0.3 is 20.9 Å². The van der Waals surface area contributed by atoms with E-state index in [0.29, 0.717) is 13.2 Å². The van der Waals surface area contributed by atoms with E-state index < -0.39 is 0 Å². The van der Waals surface area contributed by atoms with Crippen LogP contribution in [-0.4, -0.2) is 44.0 Å². The smallest absolute Gasteiger partial charge is 0.143 e. The minimum absolute atomic E-state index is 0.0107. The molecule has 6 heteroatoms. The molecule has 25 heavy (non-hydrogen) atoms. The molecule has 0 amide bonds. The summed E-state index contributed by atoms with van der Waals surface area (Å²) in [5, 5.41) is -0.246. The Kier molecular flexibility index (Phi) is 9.63. The van der Waals surface area contributed by atoms with Gasteiger partial charge in [-0.3, -0.25) is 0 Å². The van der Waals surface area contributed by atoms with Gasteiger partial charge in [-0.25, -0.2) is 0 Å². The Balaban J connectivity index is 4.71. The third kappa shape index (κ3) is 8.71. The SMILES string of the molecule is BC(C)(OC(C)CC(C)(C)C(C)N)C(C)(C)CCOC(C)(P)CCN. The minimum atomic E-state index is -0.255. The highest BCUT2D eigenvalue weighted by Gasteiger charge is 2.40. The Hall–Kier alpha value is 0.335. The van der Waals surface area contributed by atoms with Gasteiger partial charge in [0, 0.05) is 18.1 Å². The Labute approximate surface area is 160 Å². The molecule has 5 unspecified atom stereocenters. The predicted molar refractivity (Wildman–Crippen MR) is 116 cm³/mol. The van der Waals surface area contributed by atoms with Crippen LogP contribution in [0.2, 0.25) is 0 Å². The van der Waals surface area contributed by atoms with E-state index in [1.54, 1.807) is 0 Å². The molecule has 0 aromatic rings. The summed E-state index contributed by atoms with van der Waals surface area (Å²) < 4.78 is 12.5. The molecule has 0 aliphatic heterocycles. The Morgan fingerprint density at radius 3 is 2.00 bits per heavy atom. The van der Waals surface area contributed by atoms with Crippen LogP contribution in [0.15, 0.2) is 0 Å². The summed E-state index contributed by atoms with van der Waals surface area (Å²) >= 11 is 0. The molecule has 0 spiro atoms. The van der Waals surface area contributed by atoms with Gasteiger partial charge in [0.05, 0.1) is 11.4 Å². The normalized spacial score (nSPS) is 20.6. The lowest BCUT2D eigenvalue weighted by atomic mass is 9.62. The van der Waals surface area contributed by atoms with Crippen LogP contribution in [0.25, 0.3) is 0 Å². The molecule has 0 heterocycles. The fraction of sp³-hybridized carbons (Fsp3) is 1.00. The van der Waals surface area contributed by atoms with E-state index in [9.17, 15) is 0 Å². The topological polar surface area (TPSA) is 70.5 Å². The summed E-state index contributed by atoms with van der Waals surface area (Å²) in [6.07, 6.45) is 2.86. The summed E-state index contributed by atoms with van der Waals surface area (Å²) in [4.78, 5) is 0. The quantitative estimate of drug-likeness (QED) is 0.407. The van der Waals surface area contributed by atoms with Crippen molar-refractivity contribution in [1.82, 2.24) is 0 Å². The molecule has 0 saturated heterocycles. The second-order valence-electron chi connectivity index (χ2n) is 9.75. The molecule has 0 aliphatic rings. The van der Waals surface area contributed by atoms with Gasteiger partial charge in [-0.15, -0.1) is 9.24 Å². The van der Waals surface area contributed by atoms with Gasteiger partial charge in [0.15, 0.2) is 0 Å². The van der Waals surface area contributed by atoms with E-state index in [1.165, 1.54) is 0 Å².